The number of hydrogen-bond acceptors (Lipinski definition) is 2. The van der Waals surface area contributed by atoms with Crippen LogP contribution in [0.2, 0.25) is 0 Å². The first-order valence-electron chi connectivity index (χ1n) is 8.45. The van der Waals surface area contributed by atoms with Crippen LogP contribution in [0.1, 0.15) is 30.7 Å². The summed E-state index contributed by atoms with van der Waals surface area (Å²) in [4.78, 5) is 6.40. The van der Waals surface area contributed by atoms with Crippen LogP contribution in [0.4, 0.5) is 4.39 Å². The molecule has 2 unspecified atom stereocenters. The molecule has 2 aliphatic rings. The summed E-state index contributed by atoms with van der Waals surface area (Å²) in [7, 11) is 3.79. The maximum absolute atomic E-state index is 13.8. The first kappa shape index (κ1) is 16.2. The lowest BCUT2D eigenvalue weighted by Gasteiger charge is -2.22. The lowest BCUT2D eigenvalue weighted by atomic mass is 10.1. The Morgan fingerprint density at radius 1 is 1.39 bits per heavy atom. The van der Waals surface area contributed by atoms with E-state index in [2.05, 4.69) is 15.2 Å². The smallest absolute Gasteiger partial charge is 0.193 e. The second kappa shape index (κ2) is 7.30. The molecular formula is C18H26FN3O. The fourth-order valence-corrected chi connectivity index (χ4v) is 2.83. The largest absolute Gasteiger partial charge is 0.379 e. The molecule has 0 radical (unpaired) electrons. The number of halogens is 1. The van der Waals surface area contributed by atoms with Crippen molar-refractivity contribution in [1.29, 1.82) is 0 Å². The third kappa shape index (κ3) is 4.44. The molecule has 0 amide bonds. The first-order chi connectivity index (χ1) is 11.2. The number of benzene rings is 1. The molecule has 5 heteroatoms. The normalized spacial score (nSPS) is 23.7. The Bertz CT molecular complexity index is 559. The van der Waals surface area contributed by atoms with Crippen molar-refractivity contribution in [1.82, 2.24) is 10.2 Å². The van der Waals surface area contributed by atoms with E-state index >= 15 is 0 Å². The molecular weight excluding hydrogens is 293 g/mol. The highest BCUT2D eigenvalue weighted by molar-refractivity contribution is 5.80. The fourth-order valence-electron chi connectivity index (χ4n) is 2.83. The van der Waals surface area contributed by atoms with Crippen molar-refractivity contribution in [2.75, 3.05) is 33.9 Å². The molecule has 2 atom stereocenters. The summed E-state index contributed by atoms with van der Waals surface area (Å²) in [6, 6.07) is 7.30. The number of hydrogen-bond donors (Lipinski definition) is 1. The quantitative estimate of drug-likeness (QED) is 0.477. The molecule has 23 heavy (non-hydrogen) atoms. The zero-order chi connectivity index (χ0) is 16.2. The van der Waals surface area contributed by atoms with Crippen LogP contribution in [-0.2, 0) is 4.74 Å². The summed E-state index contributed by atoms with van der Waals surface area (Å²) in [6.45, 7) is 2.41. The highest BCUT2D eigenvalue weighted by Gasteiger charge is 2.40. The van der Waals surface area contributed by atoms with Gasteiger partial charge in [0.25, 0.3) is 0 Å². The number of nitrogens with zero attached hydrogens (tertiary/aromatic N) is 2. The van der Waals surface area contributed by atoms with E-state index in [9.17, 15) is 4.39 Å². The van der Waals surface area contributed by atoms with E-state index in [1.54, 1.807) is 13.1 Å². The predicted molar refractivity (Wildman–Crippen MR) is 90.2 cm³/mol. The predicted octanol–water partition coefficient (Wildman–Crippen LogP) is 2.62. The van der Waals surface area contributed by atoms with Crippen LogP contribution in [0.5, 0.6) is 0 Å². The van der Waals surface area contributed by atoms with Gasteiger partial charge in [0.15, 0.2) is 5.96 Å². The van der Waals surface area contributed by atoms with Gasteiger partial charge in [-0.15, -0.1) is 0 Å². The van der Waals surface area contributed by atoms with Crippen LogP contribution in [0.15, 0.2) is 29.3 Å². The Hall–Kier alpha value is -1.62. The van der Waals surface area contributed by atoms with Crippen molar-refractivity contribution >= 4 is 5.96 Å². The van der Waals surface area contributed by atoms with Gasteiger partial charge in [0.05, 0.1) is 6.61 Å². The number of likely N-dealkylation sites (N-methyl/N-ethyl adjacent to an activating group) is 1. The van der Waals surface area contributed by atoms with Gasteiger partial charge >= 0.3 is 0 Å². The van der Waals surface area contributed by atoms with Crippen molar-refractivity contribution in [3.63, 3.8) is 0 Å². The molecule has 0 saturated heterocycles. The highest BCUT2D eigenvalue weighted by atomic mass is 19.1. The fraction of sp³-hybridized carbons (Fsp3) is 0.611. The second-order valence-corrected chi connectivity index (χ2v) is 6.60. The topological polar surface area (TPSA) is 36.9 Å². The molecule has 1 aromatic carbocycles. The van der Waals surface area contributed by atoms with E-state index in [0.717, 1.165) is 43.6 Å². The Kier molecular flexibility index (Phi) is 5.16. The summed E-state index contributed by atoms with van der Waals surface area (Å²) in [5, 5.41) is 3.43. The maximum Gasteiger partial charge on any atom is 0.193 e. The van der Waals surface area contributed by atoms with Gasteiger partial charge in [0.1, 0.15) is 5.82 Å². The number of nitrogens with one attached hydrogen (secondary N) is 1. The van der Waals surface area contributed by atoms with Crippen LogP contribution < -0.4 is 5.32 Å². The van der Waals surface area contributed by atoms with Gasteiger partial charge in [0, 0.05) is 39.2 Å². The number of guanidine groups is 1. The van der Waals surface area contributed by atoms with Crippen molar-refractivity contribution in [2.24, 2.45) is 10.9 Å². The van der Waals surface area contributed by atoms with Crippen LogP contribution in [0.3, 0.4) is 0 Å². The molecule has 0 spiro atoms. The van der Waals surface area contributed by atoms with E-state index in [0.29, 0.717) is 0 Å². The molecule has 1 aromatic rings. The molecule has 0 aliphatic heterocycles. The van der Waals surface area contributed by atoms with Crippen LogP contribution in [0.25, 0.3) is 0 Å². The first-order valence-corrected chi connectivity index (χ1v) is 8.45. The van der Waals surface area contributed by atoms with Crippen LogP contribution in [-0.4, -0.2) is 50.8 Å². The van der Waals surface area contributed by atoms with Gasteiger partial charge in [-0.05, 0) is 36.8 Å². The number of rotatable bonds is 7. The minimum absolute atomic E-state index is 0.112. The molecule has 2 aliphatic carbocycles. The second-order valence-electron chi connectivity index (χ2n) is 6.60. The summed E-state index contributed by atoms with van der Waals surface area (Å²) < 4.78 is 19.5. The average Bonchev–Trinajstić information content (AvgIpc) is 3.45. The molecule has 0 aromatic heterocycles. The van der Waals surface area contributed by atoms with Crippen molar-refractivity contribution < 1.29 is 9.13 Å². The molecule has 1 N–H and O–H groups in total. The van der Waals surface area contributed by atoms with E-state index in [1.165, 1.54) is 18.9 Å². The monoisotopic (exact) mass is 319 g/mol. The van der Waals surface area contributed by atoms with Gasteiger partial charge in [-0.2, -0.15) is 0 Å². The zero-order valence-corrected chi connectivity index (χ0v) is 14.0. The number of aliphatic imine (C=N–C) groups is 1. The molecule has 3 rings (SSSR count). The Morgan fingerprint density at radius 3 is 2.87 bits per heavy atom. The van der Waals surface area contributed by atoms with E-state index in [-0.39, 0.29) is 17.8 Å². The lowest BCUT2D eigenvalue weighted by Crippen LogP contribution is -2.42. The molecule has 2 saturated carbocycles. The van der Waals surface area contributed by atoms with Crippen LogP contribution in [0, 0.1) is 11.7 Å². The molecule has 126 valence electrons. The minimum atomic E-state index is -0.112. The average molecular weight is 319 g/mol. The Morgan fingerprint density at radius 2 is 2.17 bits per heavy atom. The zero-order valence-electron chi connectivity index (χ0n) is 14.0. The van der Waals surface area contributed by atoms with Gasteiger partial charge in [-0.3, -0.25) is 4.99 Å². The van der Waals surface area contributed by atoms with E-state index in [1.807, 2.05) is 19.2 Å². The minimum Gasteiger partial charge on any atom is -0.379 e. The third-order valence-electron chi connectivity index (χ3n) is 4.60. The van der Waals surface area contributed by atoms with Gasteiger partial charge < -0.3 is 15.0 Å². The third-order valence-corrected chi connectivity index (χ3v) is 4.60. The standard InChI is InChI=1S/C18H26FN3O/c1-20-18(22(2)9-10-23-12-13-7-8-13)21-17-11-15(17)14-5-3-4-6-16(14)19/h3-6,13,15,17H,7-12H2,1-2H3,(H,20,21). The van der Waals surface area contributed by atoms with Crippen molar-refractivity contribution in [3.05, 3.63) is 35.6 Å². The van der Waals surface area contributed by atoms with Gasteiger partial charge in [-0.25, -0.2) is 4.39 Å². The summed E-state index contributed by atoms with van der Waals surface area (Å²) in [5.41, 5.74) is 0.802. The van der Waals surface area contributed by atoms with Gasteiger partial charge in [0.2, 0.25) is 0 Å². The van der Waals surface area contributed by atoms with Crippen molar-refractivity contribution in [3.8, 4) is 0 Å². The Balaban J connectivity index is 1.43. The lowest BCUT2D eigenvalue weighted by molar-refractivity contribution is 0.115. The molecule has 0 bridgehead atoms. The molecule has 4 nitrogen and oxygen atoms in total. The summed E-state index contributed by atoms with van der Waals surface area (Å²) in [5.74, 6) is 1.78. The summed E-state index contributed by atoms with van der Waals surface area (Å²) >= 11 is 0. The molecule has 2 fully saturated rings. The SMILES string of the molecule is CN=C(NC1CC1c1ccccc1F)N(C)CCOCC1CC1. The number of ether oxygens (including phenoxy) is 1. The van der Waals surface area contributed by atoms with Crippen molar-refractivity contribution in [2.45, 2.75) is 31.2 Å². The van der Waals surface area contributed by atoms with E-state index in [4.69, 9.17) is 4.74 Å². The van der Waals surface area contributed by atoms with E-state index < -0.39 is 0 Å². The van der Waals surface area contributed by atoms with Gasteiger partial charge in [-0.1, -0.05) is 18.2 Å². The van der Waals surface area contributed by atoms with Crippen LogP contribution >= 0.6 is 0 Å². The Labute approximate surface area is 137 Å². The molecule has 0 heterocycles. The maximum atomic E-state index is 13.8. The highest BCUT2D eigenvalue weighted by Crippen LogP contribution is 2.41. The summed E-state index contributed by atoms with van der Waals surface area (Å²) in [6.07, 6.45) is 3.59.